The Hall–Kier alpha value is -1.59. The highest BCUT2D eigenvalue weighted by atomic mass is 35.5. The minimum atomic E-state index is 0.0354. The predicted molar refractivity (Wildman–Crippen MR) is 106 cm³/mol. The van der Waals surface area contributed by atoms with Crippen molar-refractivity contribution in [3.05, 3.63) is 69.7 Å². The van der Waals surface area contributed by atoms with Crippen LogP contribution >= 0.6 is 23.2 Å². The van der Waals surface area contributed by atoms with Crippen LogP contribution in [0.4, 0.5) is 0 Å². The molecule has 0 spiro atoms. The number of hydrogen-bond acceptors (Lipinski definition) is 3. The summed E-state index contributed by atoms with van der Waals surface area (Å²) in [6.45, 7) is 5.46. The Balaban J connectivity index is 1.39. The van der Waals surface area contributed by atoms with Crippen LogP contribution in [0.15, 0.2) is 48.5 Å². The molecule has 0 atom stereocenters. The van der Waals surface area contributed by atoms with Gasteiger partial charge in [-0.15, -0.1) is 0 Å². The van der Waals surface area contributed by atoms with E-state index in [0.29, 0.717) is 18.1 Å². The second kappa shape index (κ2) is 9.38. The Bertz CT molecular complexity index is 745. The summed E-state index contributed by atoms with van der Waals surface area (Å²) in [5, 5.41) is 4.41. The molecule has 0 aromatic heterocycles. The number of piperazine rings is 1. The molecule has 1 saturated heterocycles. The third-order valence-electron chi connectivity index (χ3n) is 4.56. The zero-order valence-electron chi connectivity index (χ0n) is 14.6. The van der Waals surface area contributed by atoms with Gasteiger partial charge in [-0.1, -0.05) is 53.5 Å². The fraction of sp³-hybridized carbons (Fsp3) is 0.350. The number of benzene rings is 2. The fourth-order valence-electron chi connectivity index (χ4n) is 3.09. The lowest BCUT2D eigenvalue weighted by molar-refractivity contribution is -0.122. The van der Waals surface area contributed by atoms with Crippen molar-refractivity contribution in [3.63, 3.8) is 0 Å². The minimum Gasteiger partial charge on any atom is -0.351 e. The molecular formula is C20H23Cl2N3O. The van der Waals surface area contributed by atoms with Gasteiger partial charge in [0.1, 0.15) is 0 Å². The Kier molecular flexibility index (Phi) is 6.92. The molecule has 1 N–H and O–H groups in total. The van der Waals surface area contributed by atoms with Crippen molar-refractivity contribution in [2.24, 2.45) is 0 Å². The third kappa shape index (κ3) is 5.71. The van der Waals surface area contributed by atoms with Crippen molar-refractivity contribution in [1.82, 2.24) is 15.1 Å². The van der Waals surface area contributed by atoms with E-state index < -0.39 is 0 Å². The molecule has 1 heterocycles. The van der Waals surface area contributed by atoms with Crippen molar-refractivity contribution >= 4 is 29.1 Å². The van der Waals surface area contributed by atoms with Crippen LogP contribution in [0.5, 0.6) is 0 Å². The van der Waals surface area contributed by atoms with Crippen molar-refractivity contribution in [2.45, 2.75) is 13.1 Å². The monoisotopic (exact) mass is 391 g/mol. The molecule has 6 heteroatoms. The van der Waals surface area contributed by atoms with Gasteiger partial charge >= 0.3 is 0 Å². The first-order valence-corrected chi connectivity index (χ1v) is 9.55. The first-order chi connectivity index (χ1) is 12.6. The number of hydrogen-bond donors (Lipinski definition) is 1. The molecular weight excluding hydrogens is 369 g/mol. The topological polar surface area (TPSA) is 35.6 Å². The second-order valence-electron chi connectivity index (χ2n) is 6.55. The summed E-state index contributed by atoms with van der Waals surface area (Å²) in [6, 6.07) is 15.6. The average molecular weight is 392 g/mol. The molecule has 0 aliphatic carbocycles. The van der Waals surface area contributed by atoms with Gasteiger partial charge < -0.3 is 5.32 Å². The Labute approximate surface area is 164 Å². The van der Waals surface area contributed by atoms with Crippen molar-refractivity contribution in [2.75, 3.05) is 32.7 Å². The quantitative estimate of drug-likeness (QED) is 0.818. The van der Waals surface area contributed by atoms with E-state index >= 15 is 0 Å². The summed E-state index contributed by atoms with van der Waals surface area (Å²) < 4.78 is 0. The molecule has 4 nitrogen and oxygen atoms in total. The molecule has 138 valence electrons. The Morgan fingerprint density at radius 2 is 1.69 bits per heavy atom. The first-order valence-electron chi connectivity index (χ1n) is 8.79. The van der Waals surface area contributed by atoms with Crippen LogP contribution in [0.25, 0.3) is 0 Å². The van der Waals surface area contributed by atoms with Crippen LogP contribution < -0.4 is 5.32 Å². The smallest absolute Gasteiger partial charge is 0.234 e. The van der Waals surface area contributed by atoms with Gasteiger partial charge in [-0.3, -0.25) is 14.6 Å². The number of rotatable bonds is 6. The fourth-order valence-corrected chi connectivity index (χ4v) is 3.51. The van der Waals surface area contributed by atoms with Crippen LogP contribution in [0, 0.1) is 0 Å². The normalized spacial score (nSPS) is 15.8. The van der Waals surface area contributed by atoms with E-state index in [4.69, 9.17) is 23.2 Å². The van der Waals surface area contributed by atoms with Gasteiger partial charge in [0.25, 0.3) is 0 Å². The summed E-state index contributed by atoms with van der Waals surface area (Å²) in [4.78, 5) is 16.8. The molecule has 1 fully saturated rings. The predicted octanol–water partition coefficient (Wildman–Crippen LogP) is 3.43. The molecule has 0 bridgehead atoms. The van der Waals surface area contributed by atoms with E-state index in [1.165, 1.54) is 5.56 Å². The van der Waals surface area contributed by atoms with Crippen molar-refractivity contribution < 1.29 is 4.79 Å². The highest BCUT2D eigenvalue weighted by molar-refractivity contribution is 6.31. The summed E-state index contributed by atoms with van der Waals surface area (Å²) in [5.74, 6) is 0.0354. The summed E-state index contributed by atoms with van der Waals surface area (Å²) in [6.07, 6.45) is 0. The van der Waals surface area contributed by atoms with Gasteiger partial charge in [-0.05, 0) is 29.3 Å². The number of carbonyl (C=O) groups excluding carboxylic acids is 1. The van der Waals surface area contributed by atoms with Crippen molar-refractivity contribution in [3.8, 4) is 0 Å². The molecule has 2 aromatic rings. The number of nitrogens with zero attached hydrogens (tertiary/aromatic N) is 2. The summed E-state index contributed by atoms with van der Waals surface area (Å²) >= 11 is 12.2. The molecule has 2 aromatic carbocycles. The largest absolute Gasteiger partial charge is 0.351 e. The lowest BCUT2D eigenvalue weighted by atomic mass is 10.2. The van der Waals surface area contributed by atoms with Gasteiger partial charge in [0, 0.05) is 49.3 Å². The summed E-state index contributed by atoms with van der Waals surface area (Å²) in [7, 11) is 0. The van der Waals surface area contributed by atoms with E-state index in [9.17, 15) is 4.79 Å². The standard InChI is InChI=1S/C20H23Cl2N3O/c21-18-6-3-4-16(12-18)14-24-8-10-25(11-9-24)15-20(26)23-13-17-5-1-2-7-19(17)22/h1-7,12H,8-11,13-15H2,(H,23,26). The minimum absolute atomic E-state index is 0.0354. The van der Waals surface area contributed by atoms with Crippen molar-refractivity contribution in [1.29, 1.82) is 0 Å². The van der Waals surface area contributed by atoms with Crippen LogP contribution in [-0.2, 0) is 17.9 Å². The van der Waals surface area contributed by atoms with Gasteiger partial charge in [0.15, 0.2) is 0 Å². The zero-order chi connectivity index (χ0) is 18.4. The van der Waals surface area contributed by atoms with Crippen LogP contribution in [0.1, 0.15) is 11.1 Å². The lowest BCUT2D eigenvalue weighted by Crippen LogP contribution is -2.49. The van der Waals surface area contributed by atoms with E-state index in [0.717, 1.165) is 43.3 Å². The SMILES string of the molecule is O=C(CN1CCN(Cc2cccc(Cl)c2)CC1)NCc1ccccc1Cl. The number of nitrogens with one attached hydrogen (secondary N) is 1. The number of halogens is 2. The van der Waals surface area contributed by atoms with Gasteiger partial charge in [-0.2, -0.15) is 0 Å². The van der Waals surface area contributed by atoms with E-state index in [1.54, 1.807) is 0 Å². The second-order valence-corrected chi connectivity index (χ2v) is 7.39. The number of carbonyl (C=O) groups is 1. The molecule has 3 rings (SSSR count). The van der Waals surface area contributed by atoms with Gasteiger partial charge in [0.2, 0.25) is 5.91 Å². The molecule has 0 saturated carbocycles. The van der Waals surface area contributed by atoms with Gasteiger partial charge in [0.05, 0.1) is 6.54 Å². The van der Waals surface area contributed by atoms with Gasteiger partial charge in [-0.25, -0.2) is 0 Å². The van der Waals surface area contributed by atoms with E-state index in [-0.39, 0.29) is 5.91 Å². The third-order valence-corrected chi connectivity index (χ3v) is 5.17. The zero-order valence-corrected chi connectivity index (χ0v) is 16.1. The molecule has 1 amide bonds. The molecule has 0 radical (unpaired) electrons. The molecule has 1 aliphatic rings. The van der Waals surface area contributed by atoms with E-state index in [2.05, 4.69) is 21.2 Å². The Morgan fingerprint density at radius 1 is 0.962 bits per heavy atom. The lowest BCUT2D eigenvalue weighted by Gasteiger charge is -2.34. The average Bonchev–Trinajstić information content (AvgIpc) is 2.63. The maximum Gasteiger partial charge on any atom is 0.234 e. The molecule has 1 aliphatic heterocycles. The highest BCUT2D eigenvalue weighted by Crippen LogP contribution is 2.15. The van der Waals surface area contributed by atoms with Crippen LogP contribution in [0.3, 0.4) is 0 Å². The maximum atomic E-state index is 12.2. The summed E-state index contributed by atoms with van der Waals surface area (Å²) in [5.41, 5.74) is 2.16. The molecule has 0 unspecified atom stereocenters. The van der Waals surface area contributed by atoms with E-state index in [1.807, 2.05) is 42.5 Å². The Morgan fingerprint density at radius 3 is 2.42 bits per heavy atom. The highest BCUT2D eigenvalue weighted by Gasteiger charge is 2.19. The maximum absolute atomic E-state index is 12.2. The van der Waals surface area contributed by atoms with Crippen LogP contribution in [0.2, 0.25) is 10.0 Å². The molecule has 26 heavy (non-hydrogen) atoms. The van der Waals surface area contributed by atoms with Crippen LogP contribution in [-0.4, -0.2) is 48.4 Å². The number of amides is 1. The first kappa shape index (κ1) is 19.2.